The van der Waals surface area contributed by atoms with Gasteiger partial charge in [0.05, 0.1) is 5.66 Å². The quantitative estimate of drug-likeness (QED) is 0.727. The van der Waals surface area contributed by atoms with E-state index in [1.807, 2.05) is 18.2 Å². The Kier molecular flexibility index (Phi) is 2.96. The van der Waals surface area contributed by atoms with Gasteiger partial charge in [-0.15, -0.1) is 0 Å². The molecular weight excluding hydrogens is 184 g/mol. The maximum Gasteiger partial charge on any atom is 0.0882 e. The van der Waals surface area contributed by atoms with Crippen LogP contribution in [-0.4, -0.2) is 5.66 Å². The van der Waals surface area contributed by atoms with Crippen LogP contribution < -0.4 is 11.1 Å². The number of anilines is 1. The normalized spacial score (nSPS) is 31.2. The second-order valence-corrected chi connectivity index (χ2v) is 4.68. The lowest BCUT2D eigenvalue weighted by atomic mass is 9.80. The smallest absolute Gasteiger partial charge is 0.0882 e. The molecule has 2 heteroatoms. The fourth-order valence-corrected chi connectivity index (χ4v) is 2.35. The molecular formula is C13H20N2. The van der Waals surface area contributed by atoms with Crippen molar-refractivity contribution in [3.63, 3.8) is 0 Å². The van der Waals surface area contributed by atoms with Crippen LogP contribution >= 0.6 is 0 Å². The van der Waals surface area contributed by atoms with Crippen LogP contribution in [0.3, 0.4) is 0 Å². The Balaban J connectivity index is 2.09. The van der Waals surface area contributed by atoms with Crippen molar-refractivity contribution < 1.29 is 0 Å². The Morgan fingerprint density at radius 2 is 2.00 bits per heavy atom. The summed E-state index contributed by atoms with van der Waals surface area (Å²) >= 11 is 0. The molecule has 0 aliphatic heterocycles. The minimum absolute atomic E-state index is 0.209. The summed E-state index contributed by atoms with van der Waals surface area (Å²) in [4.78, 5) is 0. The lowest BCUT2D eigenvalue weighted by molar-refractivity contribution is 0.236. The predicted octanol–water partition coefficient (Wildman–Crippen LogP) is 2.96. The van der Waals surface area contributed by atoms with Crippen molar-refractivity contribution in [3.8, 4) is 0 Å². The van der Waals surface area contributed by atoms with Crippen molar-refractivity contribution >= 4 is 5.69 Å². The van der Waals surface area contributed by atoms with Crippen LogP contribution in [0.1, 0.15) is 32.6 Å². The van der Waals surface area contributed by atoms with E-state index < -0.39 is 0 Å². The summed E-state index contributed by atoms with van der Waals surface area (Å²) in [5.41, 5.74) is 7.35. The Bertz CT molecular complexity index is 310. The zero-order chi connectivity index (χ0) is 10.7. The molecule has 1 aromatic carbocycles. The average Bonchev–Trinajstić information content (AvgIpc) is 2.24. The third-order valence-electron chi connectivity index (χ3n) is 3.51. The summed E-state index contributed by atoms with van der Waals surface area (Å²) in [6, 6.07) is 10.3. The highest BCUT2D eigenvalue weighted by atomic mass is 15.1. The maximum absolute atomic E-state index is 6.42. The molecule has 1 fully saturated rings. The largest absolute Gasteiger partial charge is 0.367 e. The summed E-state index contributed by atoms with van der Waals surface area (Å²) in [5.74, 6) is 0.548. The van der Waals surface area contributed by atoms with Crippen LogP contribution in [0, 0.1) is 5.92 Å². The summed E-state index contributed by atoms with van der Waals surface area (Å²) in [7, 11) is 0. The van der Waals surface area contributed by atoms with E-state index in [0.29, 0.717) is 5.92 Å². The van der Waals surface area contributed by atoms with Crippen LogP contribution in [0.4, 0.5) is 5.69 Å². The summed E-state index contributed by atoms with van der Waals surface area (Å²) in [6.45, 7) is 2.25. The third kappa shape index (κ3) is 2.32. The van der Waals surface area contributed by atoms with Crippen molar-refractivity contribution in [2.45, 2.75) is 38.3 Å². The first kappa shape index (κ1) is 10.5. The predicted molar refractivity (Wildman–Crippen MR) is 64.6 cm³/mol. The van der Waals surface area contributed by atoms with Crippen LogP contribution in [0.2, 0.25) is 0 Å². The molecule has 0 aromatic heterocycles. The topological polar surface area (TPSA) is 38.0 Å². The summed E-state index contributed by atoms with van der Waals surface area (Å²) in [5, 5.41) is 3.48. The third-order valence-corrected chi connectivity index (χ3v) is 3.51. The van der Waals surface area contributed by atoms with Gasteiger partial charge in [-0.2, -0.15) is 0 Å². The van der Waals surface area contributed by atoms with Crippen molar-refractivity contribution in [2.24, 2.45) is 11.7 Å². The second kappa shape index (κ2) is 4.23. The molecule has 82 valence electrons. The first-order valence-electron chi connectivity index (χ1n) is 5.83. The van der Waals surface area contributed by atoms with E-state index in [-0.39, 0.29) is 5.66 Å². The number of nitrogens with one attached hydrogen (secondary N) is 1. The van der Waals surface area contributed by atoms with E-state index in [2.05, 4.69) is 24.4 Å². The molecule has 1 saturated carbocycles. The highest BCUT2D eigenvalue weighted by Gasteiger charge is 2.33. The van der Waals surface area contributed by atoms with Crippen LogP contribution in [-0.2, 0) is 0 Å². The number of hydrogen-bond acceptors (Lipinski definition) is 2. The van der Waals surface area contributed by atoms with E-state index >= 15 is 0 Å². The number of benzene rings is 1. The van der Waals surface area contributed by atoms with Gasteiger partial charge in [0, 0.05) is 5.69 Å². The fraction of sp³-hybridized carbons (Fsp3) is 0.538. The molecule has 2 nitrogen and oxygen atoms in total. The number of nitrogens with two attached hydrogens (primary N) is 1. The standard InChI is InChI=1S/C13H20N2/c1-11-7-5-6-10-13(11,14)15-12-8-3-2-4-9-12/h2-4,8-9,11,15H,5-7,10,14H2,1H3. The fourth-order valence-electron chi connectivity index (χ4n) is 2.35. The molecule has 2 atom stereocenters. The van der Waals surface area contributed by atoms with Crippen molar-refractivity contribution in [1.29, 1.82) is 0 Å². The van der Waals surface area contributed by atoms with Crippen molar-refractivity contribution in [3.05, 3.63) is 30.3 Å². The number of para-hydroxylation sites is 1. The minimum atomic E-state index is -0.209. The Morgan fingerprint density at radius 3 is 2.67 bits per heavy atom. The van der Waals surface area contributed by atoms with E-state index in [0.717, 1.165) is 12.1 Å². The molecule has 0 spiro atoms. The van der Waals surface area contributed by atoms with Gasteiger partial charge in [0.2, 0.25) is 0 Å². The molecule has 0 radical (unpaired) electrons. The lowest BCUT2D eigenvalue weighted by Crippen LogP contribution is -2.54. The van der Waals surface area contributed by atoms with E-state index in [4.69, 9.17) is 5.73 Å². The van der Waals surface area contributed by atoms with Gasteiger partial charge in [-0.05, 0) is 37.3 Å². The molecule has 15 heavy (non-hydrogen) atoms. The van der Waals surface area contributed by atoms with Crippen molar-refractivity contribution in [1.82, 2.24) is 0 Å². The Morgan fingerprint density at radius 1 is 1.27 bits per heavy atom. The highest BCUT2D eigenvalue weighted by Crippen LogP contribution is 2.32. The van der Waals surface area contributed by atoms with Gasteiger partial charge in [0.25, 0.3) is 0 Å². The van der Waals surface area contributed by atoms with Crippen LogP contribution in [0.5, 0.6) is 0 Å². The molecule has 0 amide bonds. The second-order valence-electron chi connectivity index (χ2n) is 4.68. The van der Waals surface area contributed by atoms with Gasteiger partial charge >= 0.3 is 0 Å². The molecule has 2 rings (SSSR count). The zero-order valence-corrected chi connectivity index (χ0v) is 9.37. The van der Waals surface area contributed by atoms with Gasteiger partial charge in [-0.25, -0.2) is 0 Å². The molecule has 1 aliphatic carbocycles. The SMILES string of the molecule is CC1CCCCC1(N)Nc1ccccc1. The van der Waals surface area contributed by atoms with Gasteiger partial charge < -0.3 is 11.1 Å². The molecule has 0 heterocycles. The van der Waals surface area contributed by atoms with Gasteiger partial charge in [-0.3, -0.25) is 0 Å². The van der Waals surface area contributed by atoms with Gasteiger partial charge in [-0.1, -0.05) is 31.5 Å². The Hall–Kier alpha value is -1.02. The molecule has 3 N–H and O–H groups in total. The van der Waals surface area contributed by atoms with E-state index in [1.165, 1.54) is 19.3 Å². The number of rotatable bonds is 2. The zero-order valence-electron chi connectivity index (χ0n) is 9.37. The first-order chi connectivity index (χ1) is 7.21. The van der Waals surface area contributed by atoms with E-state index in [9.17, 15) is 0 Å². The van der Waals surface area contributed by atoms with Gasteiger partial charge in [0.15, 0.2) is 0 Å². The number of hydrogen-bond donors (Lipinski definition) is 2. The molecule has 0 saturated heterocycles. The van der Waals surface area contributed by atoms with Crippen molar-refractivity contribution in [2.75, 3.05) is 5.32 Å². The average molecular weight is 204 g/mol. The lowest BCUT2D eigenvalue weighted by Gasteiger charge is -2.40. The maximum atomic E-state index is 6.42. The molecule has 0 bridgehead atoms. The molecule has 1 aliphatic rings. The summed E-state index contributed by atoms with van der Waals surface area (Å²) in [6.07, 6.45) is 4.86. The monoisotopic (exact) mass is 204 g/mol. The molecule has 1 aromatic rings. The van der Waals surface area contributed by atoms with E-state index in [1.54, 1.807) is 0 Å². The Labute approximate surface area is 91.9 Å². The van der Waals surface area contributed by atoms with Crippen LogP contribution in [0.25, 0.3) is 0 Å². The van der Waals surface area contributed by atoms with Crippen LogP contribution in [0.15, 0.2) is 30.3 Å². The first-order valence-corrected chi connectivity index (χ1v) is 5.83. The van der Waals surface area contributed by atoms with Gasteiger partial charge in [0.1, 0.15) is 0 Å². The molecule has 2 unspecified atom stereocenters. The highest BCUT2D eigenvalue weighted by molar-refractivity contribution is 5.45. The summed E-state index contributed by atoms with van der Waals surface area (Å²) < 4.78 is 0. The minimum Gasteiger partial charge on any atom is -0.367 e.